The van der Waals surface area contributed by atoms with Crippen LogP contribution in [-0.2, 0) is 4.74 Å². The van der Waals surface area contributed by atoms with Gasteiger partial charge in [0.05, 0.1) is 27.2 Å². The molecule has 34 heavy (non-hydrogen) atoms. The van der Waals surface area contributed by atoms with Gasteiger partial charge in [0.25, 0.3) is 0 Å². The zero-order valence-corrected chi connectivity index (χ0v) is 18.5. The summed E-state index contributed by atoms with van der Waals surface area (Å²) in [6, 6.07) is 7.50. The normalized spacial score (nSPS) is 28.6. The second kappa shape index (κ2) is 9.65. The predicted octanol–water partition coefficient (Wildman–Crippen LogP) is 0.295. The molecule has 184 valence electrons. The molecule has 0 unspecified atom stereocenters. The van der Waals surface area contributed by atoms with Gasteiger partial charge in [0.1, 0.15) is 53.3 Å². The van der Waals surface area contributed by atoms with Gasteiger partial charge in [0, 0.05) is 12.1 Å². The van der Waals surface area contributed by atoms with E-state index in [0.29, 0.717) is 5.56 Å². The van der Waals surface area contributed by atoms with E-state index >= 15 is 0 Å². The minimum absolute atomic E-state index is 0.00203. The third-order valence-corrected chi connectivity index (χ3v) is 5.85. The summed E-state index contributed by atoms with van der Waals surface area (Å²) < 4.78 is 27.5. The van der Waals surface area contributed by atoms with Gasteiger partial charge in [-0.1, -0.05) is 6.07 Å². The summed E-state index contributed by atoms with van der Waals surface area (Å²) in [5.41, 5.74) is 0.758. The number of hydrogen-bond donors (Lipinski definition) is 5. The fraction of sp³-hybridized carbons (Fsp3) is 0.435. The van der Waals surface area contributed by atoms with Gasteiger partial charge in [0.15, 0.2) is 17.3 Å². The van der Waals surface area contributed by atoms with E-state index in [9.17, 15) is 30.3 Å². The van der Waals surface area contributed by atoms with Gasteiger partial charge < -0.3 is 49.2 Å². The molecule has 0 aliphatic carbocycles. The second-order valence-corrected chi connectivity index (χ2v) is 7.98. The summed E-state index contributed by atoms with van der Waals surface area (Å²) in [7, 11) is 2.79. The lowest BCUT2D eigenvalue weighted by atomic mass is 9.95. The summed E-state index contributed by atoms with van der Waals surface area (Å²) in [6.45, 7) is -0.605. The van der Waals surface area contributed by atoms with E-state index in [1.807, 2.05) is 0 Å². The number of aliphatic hydroxyl groups excluding tert-OH is 4. The van der Waals surface area contributed by atoms with E-state index in [4.69, 9.17) is 23.7 Å². The summed E-state index contributed by atoms with van der Waals surface area (Å²) in [5.74, 6) is 0.333. The lowest BCUT2D eigenvalue weighted by Gasteiger charge is -2.39. The molecule has 0 spiro atoms. The Morgan fingerprint density at radius 2 is 1.74 bits per heavy atom. The Morgan fingerprint density at radius 1 is 1.00 bits per heavy atom. The number of aliphatic hydroxyl groups is 4. The van der Waals surface area contributed by atoms with Crippen LogP contribution in [0, 0.1) is 0 Å². The van der Waals surface area contributed by atoms with E-state index in [1.54, 1.807) is 12.1 Å². The summed E-state index contributed by atoms with van der Waals surface area (Å²) >= 11 is 0. The third-order valence-electron chi connectivity index (χ3n) is 5.85. The molecule has 11 heteroatoms. The number of ketones is 1. The van der Waals surface area contributed by atoms with Crippen molar-refractivity contribution in [3.8, 4) is 28.7 Å². The number of phenols is 1. The van der Waals surface area contributed by atoms with Crippen molar-refractivity contribution in [2.75, 3.05) is 20.8 Å². The molecule has 1 fully saturated rings. The molecule has 2 heterocycles. The zero-order chi connectivity index (χ0) is 24.6. The van der Waals surface area contributed by atoms with E-state index < -0.39 is 43.4 Å². The molecule has 0 radical (unpaired) electrons. The molecule has 2 aliphatic rings. The molecule has 6 atom stereocenters. The van der Waals surface area contributed by atoms with Crippen molar-refractivity contribution in [3.63, 3.8) is 0 Å². The molecule has 0 saturated carbocycles. The standard InChI is InChI=1S/C23H26O11/c1-30-14-4-3-10(5-12(14)25)15-8-13(26)19-16(31-2)6-11(7-17(19)33-15)32-23-22(29)21(28)20(27)18(9-24)34-23/h3-7,15,18,20-25,27-29H,8-9H2,1-2H3/t15-,18+,20-,21+,22-,23-/m1/s1. The van der Waals surface area contributed by atoms with Crippen molar-refractivity contribution in [2.24, 2.45) is 0 Å². The number of rotatable bonds is 6. The van der Waals surface area contributed by atoms with Gasteiger partial charge in [-0.2, -0.15) is 0 Å². The molecule has 4 rings (SSSR count). The quantitative estimate of drug-likeness (QED) is 0.388. The number of methoxy groups -OCH3 is 2. The molecule has 1 saturated heterocycles. The second-order valence-electron chi connectivity index (χ2n) is 7.98. The highest BCUT2D eigenvalue weighted by molar-refractivity contribution is 6.02. The first kappa shape index (κ1) is 24.0. The summed E-state index contributed by atoms with van der Waals surface area (Å²) in [6.07, 6.45) is -8.02. The maximum Gasteiger partial charge on any atom is 0.229 e. The lowest BCUT2D eigenvalue weighted by molar-refractivity contribution is -0.277. The highest BCUT2D eigenvalue weighted by atomic mass is 16.7. The topological polar surface area (TPSA) is 164 Å². The van der Waals surface area contributed by atoms with Crippen molar-refractivity contribution >= 4 is 5.78 Å². The van der Waals surface area contributed by atoms with Gasteiger partial charge >= 0.3 is 0 Å². The van der Waals surface area contributed by atoms with Crippen LogP contribution in [0.1, 0.15) is 28.4 Å². The number of carbonyl (C=O) groups excluding carboxylic acids is 1. The number of phenolic OH excluding ortho intramolecular Hbond substituents is 1. The minimum Gasteiger partial charge on any atom is -0.504 e. The molecule has 0 amide bonds. The largest absolute Gasteiger partial charge is 0.504 e. The first-order valence-corrected chi connectivity index (χ1v) is 10.5. The highest BCUT2D eigenvalue weighted by Gasteiger charge is 2.45. The average molecular weight is 478 g/mol. The Morgan fingerprint density at radius 3 is 2.38 bits per heavy atom. The number of ether oxygens (including phenoxy) is 5. The van der Waals surface area contributed by atoms with E-state index in [2.05, 4.69) is 0 Å². The highest BCUT2D eigenvalue weighted by Crippen LogP contribution is 2.43. The van der Waals surface area contributed by atoms with Crippen LogP contribution in [0.3, 0.4) is 0 Å². The SMILES string of the molecule is COc1ccc([C@H]2CC(=O)c3c(OC)cc(O[C@@H]4O[C@@H](CO)[C@@H](O)[C@H](O)[C@H]4O)cc3O2)cc1O. The fourth-order valence-corrected chi connectivity index (χ4v) is 4.02. The van der Waals surface area contributed by atoms with E-state index in [-0.39, 0.29) is 46.5 Å². The van der Waals surface area contributed by atoms with Crippen molar-refractivity contribution in [3.05, 3.63) is 41.5 Å². The zero-order valence-electron chi connectivity index (χ0n) is 18.5. The lowest BCUT2D eigenvalue weighted by Crippen LogP contribution is -2.60. The third kappa shape index (κ3) is 4.36. The fourth-order valence-electron chi connectivity index (χ4n) is 4.02. The van der Waals surface area contributed by atoms with E-state index in [0.717, 1.165) is 0 Å². The molecular formula is C23H26O11. The van der Waals surface area contributed by atoms with Crippen LogP contribution in [0.15, 0.2) is 30.3 Å². The molecular weight excluding hydrogens is 452 g/mol. The first-order chi connectivity index (χ1) is 16.3. The van der Waals surface area contributed by atoms with E-state index in [1.165, 1.54) is 32.4 Å². The smallest absolute Gasteiger partial charge is 0.229 e. The number of benzene rings is 2. The molecule has 5 N–H and O–H groups in total. The van der Waals surface area contributed by atoms with Crippen LogP contribution in [0.25, 0.3) is 0 Å². The molecule has 2 aromatic carbocycles. The van der Waals surface area contributed by atoms with Gasteiger partial charge in [-0.25, -0.2) is 0 Å². The maximum atomic E-state index is 12.9. The molecule has 11 nitrogen and oxygen atoms in total. The number of fused-ring (bicyclic) bond motifs is 1. The number of aromatic hydroxyl groups is 1. The summed E-state index contributed by atoms with van der Waals surface area (Å²) in [4.78, 5) is 12.9. The monoisotopic (exact) mass is 478 g/mol. The van der Waals surface area contributed by atoms with Crippen molar-refractivity contribution in [2.45, 2.75) is 43.2 Å². The maximum absolute atomic E-state index is 12.9. The van der Waals surface area contributed by atoms with Crippen LogP contribution in [-0.4, -0.2) is 82.8 Å². The first-order valence-electron chi connectivity index (χ1n) is 10.5. The van der Waals surface area contributed by atoms with Crippen molar-refractivity contribution < 1.29 is 54.0 Å². The van der Waals surface area contributed by atoms with Gasteiger partial charge in [0.2, 0.25) is 6.29 Å². The Labute approximate surface area is 194 Å². The number of hydrogen-bond acceptors (Lipinski definition) is 11. The van der Waals surface area contributed by atoms with Crippen LogP contribution >= 0.6 is 0 Å². The molecule has 2 aliphatic heterocycles. The van der Waals surface area contributed by atoms with Crippen LogP contribution in [0.4, 0.5) is 0 Å². The van der Waals surface area contributed by atoms with Gasteiger partial charge in [-0.15, -0.1) is 0 Å². The van der Waals surface area contributed by atoms with Crippen molar-refractivity contribution in [1.29, 1.82) is 0 Å². The predicted molar refractivity (Wildman–Crippen MR) is 114 cm³/mol. The average Bonchev–Trinajstić information content (AvgIpc) is 2.83. The minimum atomic E-state index is -1.61. The Bertz CT molecular complexity index is 1050. The Hall–Kier alpha value is -3.09. The Balaban J connectivity index is 1.63. The molecule has 0 aromatic heterocycles. The van der Waals surface area contributed by atoms with Gasteiger partial charge in [-0.05, 0) is 17.7 Å². The van der Waals surface area contributed by atoms with Crippen LogP contribution in [0.5, 0.6) is 28.7 Å². The van der Waals surface area contributed by atoms with Gasteiger partial charge in [-0.3, -0.25) is 4.79 Å². The van der Waals surface area contributed by atoms with Crippen LogP contribution in [0.2, 0.25) is 0 Å². The number of Topliss-reactive ketones (excluding diaryl/α,β-unsaturated/α-hetero) is 1. The molecule has 2 aromatic rings. The number of carbonyl (C=O) groups is 1. The van der Waals surface area contributed by atoms with Crippen molar-refractivity contribution in [1.82, 2.24) is 0 Å². The summed E-state index contributed by atoms with van der Waals surface area (Å²) in [5, 5.41) is 49.7. The Kier molecular flexibility index (Phi) is 6.82. The van der Waals surface area contributed by atoms with Crippen LogP contribution < -0.4 is 18.9 Å². The molecule has 0 bridgehead atoms.